The number of nitrogens with zero attached hydrogens (tertiary/aromatic N) is 1. The number of aromatic nitrogens is 1. The van der Waals surface area contributed by atoms with E-state index in [1.807, 2.05) is 12.3 Å². The van der Waals surface area contributed by atoms with Gasteiger partial charge in [0.15, 0.2) is 0 Å². The van der Waals surface area contributed by atoms with Crippen LogP contribution in [0.15, 0.2) is 18.3 Å². The maximum absolute atomic E-state index is 5.92. The van der Waals surface area contributed by atoms with Gasteiger partial charge in [0.05, 0.1) is 0 Å². The Labute approximate surface area is 110 Å². The number of hydrogen-bond acceptors (Lipinski definition) is 3. The molecule has 0 aliphatic heterocycles. The SMILES string of the molecule is CCNC(C)c1ccc(OC2CCCCC2)nc1. The van der Waals surface area contributed by atoms with Gasteiger partial charge in [-0.15, -0.1) is 0 Å². The van der Waals surface area contributed by atoms with Crippen molar-refractivity contribution < 1.29 is 4.74 Å². The third kappa shape index (κ3) is 3.70. The molecule has 3 nitrogen and oxygen atoms in total. The Morgan fingerprint density at radius 2 is 2.11 bits per heavy atom. The highest BCUT2D eigenvalue weighted by Crippen LogP contribution is 2.22. The quantitative estimate of drug-likeness (QED) is 0.866. The van der Waals surface area contributed by atoms with Crippen LogP contribution in [0.2, 0.25) is 0 Å². The van der Waals surface area contributed by atoms with Crippen molar-refractivity contribution in [2.45, 2.75) is 58.1 Å². The molecule has 2 rings (SSSR count). The van der Waals surface area contributed by atoms with Gasteiger partial charge < -0.3 is 10.1 Å². The van der Waals surface area contributed by atoms with Gasteiger partial charge in [0, 0.05) is 18.3 Å². The molecule has 1 aliphatic carbocycles. The summed E-state index contributed by atoms with van der Waals surface area (Å²) in [5.41, 5.74) is 1.22. The molecule has 3 heteroatoms. The molecular weight excluding hydrogens is 224 g/mol. The summed E-state index contributed by atoms with van der Waals surface area (Å²) < 4.78 is 5.92. The lowest BCUT2D eigenvalue weighted by molar-refractivity contribution is 0.148. The van der Waals surface area contributed by atoms with Crippen molar-refractivity contribution in [3.63, 3.8) is 0 Å². The number of ether oxygens (including phenoxy) is 1. The van der Waals surface area contributed by atoms with Gasteiger partial charge in [0.25, 0.3) is 0 Å². The largest absolute Gasteiger partial charge is 0.474 e. The highest BCUT2D eigenvalue weighted by atomic mass is 16.5. The molecule has 0 bridgehead atoms. The molecule has 1 aromatic rings. The van der Waals surface area contributed by atoms with Crippen molar-refractivity contribution in [1.82, 2.24) is 10.3 Å². The third-order valence-corrected chi connectivity index (χ3v) is 3.61. The minimum Gasteiger partial charge on any atom is -0.474 e. The summed E-state index contributed by atoms with van der Waals surface area (Å²) >= 11 is 0. The number of hydrogen-bond donors (Lipinski definition) is 1. The Hall–Kier alpha value is -1.09. The van der Waals surface area contributed by atoms with E-state index in [2.05, 4.69) is 30.2 Å². The van der Waals surface area contributed by atoms with E-state index in [0.717, 1.165) is 12.4 Å². The monoisotopic (exact) mass is 248 g/mol. The summed E-state index contributed by atoms with van der Waals surface area (Å²) in [6.45, 7) is 5.24. The summed E-state index contributed by atoms with van der Waals surface area (Å²) in [5, 5.41) is 3.38. The average molecular weight is 248 g/mol. The van der Waals surface area contributed by atoms with Crippen LogP contribution in [0.3, 0.4) is 0 Å². The molecule has 1 aromatic heterocycles. The number of pyridine rings is 1. The Balaban J connectivity index is 1.90. The van der Waals surface area contributed by atoms with Crippen molar-refractivity contribution in [2.75, 3.05) is 6.54 Å². The maximum Gasteiger partial charge on any atom is 0.213 e. The van der Waals surface area contributed by atoms with Crippen LogP contribution in [-0.4, -0.2) is 17.6 Å². The van der Waals surface area contributed by atoms with Gasteiger partial charge in [-0.3, -0.25) is 0 Å². The van der Waals surface area contributed by atoms with E-state index >= 15 is 0 Å². The van der Waals surface area contributed by atoms with E-state index in [9.17, 15) is 0 Å². The standard InChI is InChI=1S/C15H24N2O/c1-3-16-12(2)13-9-10-15(17-11-13)18-14-7-5-4-6-8-14/h9-12,14,16H,3-8H2,1-2H3. The number of rotatable bonds is 5. The number of nitrogens with one attached hydrogen (secondary N) is 1. The van der Waals surface area contributed by atoms with Crippen molar-refractivity contribution in [1.29, 1.82) is 0 Å². The minimum absolute atomic E-state index is 0.353. The first-order valence-corrected chi connectivity index (χ1v) is 7.15. The lowest BCUT2D eigenvalue weighted by Gasteiger charge is -2.22. The van der Waals surface area contributed by atoms with Crippen LogP contribution in [0.25, 0.3) is 0 Å². The fourth-order valence-corrected chi connectivity index (χ4v) is 2.50. The normalized spacial score (nSPS) is 18.6. The van der Waals surface area contributed by atoms with Gasteiger partial charge in [-0.1, -0.05) is 19.4 Å². The Kier molecular flexibility index (Phi) is 5.00. The van der Waals surface area contributed by atoms with Gasteiger partial charge in [-0.05, 0) is 44.7 Å². The highest BCUT2D eigenvalue weighted by molar-refractivity contribution is 5.20. The molecule has 18 heavy (non-hydrogen) atoms. The van der Waals surface area contributed by atoms with Gasteiger partial charge in [-0.2, -0.15) is 0 Å². The zero-order chi connectivity index (χ0) is 12.8. The molecule has 0 aromatic carbocycles. The zero-order valence-electron chi connectivity index (χ0n) is 11.5. The second kappa shape index (κ2) is 6.74. The summed E-state index contributed by atoms with van der Waals surface area (Å²) in [7, 11) is 0. The Morgan fingerprint density at radius 3 is 2.72 bits per heavy atom. The van der Waals surface area contributed by atoms with Crippen LogP contribution in [-0.2, 0) is 0 Å². The van der Waals surface area contributed by atoms with E-state index in [-0.39, 0.29) is 0 Å². The molecule has 0 saturated heterocycles. The van der Waals surface area contributed by atoms with E-state index in [1.54, 1.807) is 0 Å². The molecule has 1 aliphatic rings. The third-order valence-electron chi connectivity index (χ3n) is 3.61. The van der Waals surface area contributed by atoms with Crippen molar-refractivity contribution in [3.8, 4) is 5.88 Å². The van der Waals surface area contributed by atoms with Gasteiger partial charge in [0.1, 0.15) is 6.10 Å². The molecule has 0 spiro atoms. The molecule has 1 saturated carbocycles. The predicted octanol–water partition coefficient (Wildman–Crippen LogP) is 3.46. The highest BCUT2D eigenvalue weighted by Gasteiger charge is 2.15. The summed E-state index contributed by atoms with van der Waals surface area (Å²) in [6, 6.07) is 4.46. The topological polar surface area (TPSA) is 34.1 Å². The van der Waals surface area contributed by atoms with Crippen LogP contribution in [0.1, 0.15) is 57.6 Å². The first-order chi connectivity index (χ1) is 8.79. The molecule has 0 amide bonds. The van der Waals surface area contributed by atoms with Crippen molar-refractivity contribution in [2.24, 2.45) is 0 Å². The van der Waals surface area contributed by atoms with Crippen LogP contribution in [0.5, 0.6) is 5.88 Å². The lowest BCUT2D eigenvalue weighted by Crippen LogP contribution is -2.20. The fraction of sp³-hybridized carbons (Fsp3) is 0.667. The Bertz CT molecular complexity index is 344. The van der Waals surface area contributed by atoms with Crippen LogP contribution >= 0.6 is 0 Å². The molecule has 1 atom stereocenters. The first-order valence-electron chi connectivity index (χ1n) is 7.15. The molecule has 1 unspecified atom stereocenters. The van der Waals surface area contributed by atoms with Crippen LogP contribution in [0, 0.1) is 0 Å². The molecule has 100 valence electrons. The van der Waals surface area contributed by atoms with E-state index in [4.69, 9.17) is 4.74 Å². The smallest absolute Gasteiger partial charge is 0.213 e. The second-order valence-electron chi connectivity index (χ2n) is 5.09. The van der Waals surface area contributed by atoms with Crippen molar-refractivity contribution >= 4 is 0 Å². The second-order valence-corrected chi connectivity index (χ2v) is 5.09. The van der Waals surface area contributed by atoms with Gasteiger partial charge in [-0.25, -0.2) is 4.98 Å². The Morgan fingerprint density at radius 1 is 1.33 bits per heavy atom. The molecule has 1 fully saturated rings. The van der Waals surface area contributed by atoms with Crippen molar-refractivity contribution in [3.05, 3.63) is 23.9 Å². The summed E-state index contributed by atoms with van der Waals surface area (Å²) in [4.78, 5) is 4.41. The maximum atomic E-state index is 5.92. The molecular formula is C15H24N2O. The minimum atomic E-state index is 0.353. The molecule has 1 heterocycles. The van der Waals surface area contributed by atoms with Gasteiger partial charge >= 0.3 is 0 Å². The van der Waals surface area contributed by atoms with E-state index in [0.29, 0.717) is 12.1 Å². The van der Waals surface area contributed by atoms with Gasteiger partial charge in [0.2, 0.25) is 5.88 Å². The zero-order valence-corrected chi connectivity index (χ0v) is 11.5. The summed E-state index contributed by atoms with van der Waals surface area (Å²) in [6.07, 6.45) is 8.59. The van der Waals surface area contributed by atoms with Crippen LogP contribution in [0.4, 0.5) is 0 Å². The average Bonchev–Trinajstić information content (AvgIpc) is 2.41. The molecule has 0 radical (unpaired) electrons. The summed E-state index contributed by atoms with van der Waals surface area (Å²) in [5.74, 6) is 0.773. The first kappa shape index (κ1) is 13.3. The van der Waals surface area contributed by atoms with Crippen LogP contribution < -0.4 is 10.1 Å². The van der Waals surface area contributed by atoms with E-state index < -0.39 is 0 Å². The van der Waals surface area contributed by atoms with E-state index in [1.165, 1.54) is 37.7 Å². The fourth-order valence-electron chi connectivity index (χ4n) is 2.50. The molecule has 1 N–H and O–H groups in total. The predicted molar refractivity (Wildman–Crippen MR) is 73.8 cm³/mol. The lowest BCUT2D eigenvalue weighted by atomic mass is 9.98.